The number of aryl methyl sites for hydroxylation is 1. The molecule has 2 unspecified atom stereocenters. The zero-order valence-electron chi connectivity index (χ0n) is 9.04. The van der Waals surface area contributed by atoms with Gasteiger partial charge in [0.2, 0.25) is 5.91 Å². The Morgan fingerprint density at radius 3 is 2.69 bits per heavy atom. The van der Waals surface area contributed by atoms with Crippen molar-refractivity contribution in [1.82, 2.24) is 15.1 Å². The molecule has 1 heterocycles. The number of amides is 1. The van der Waals surface area contributed by atoms with E-state index in [0.29, 0.717) is 5.56 Å². The molecule has 0 aliphatic rings. The molecule has 4 N–H and O–H groups in total. The highest BCUT2D eigenvalue weighted by Crippen LogP contribution is 2.08. The van der Waals surface area contributed by atoms with E-state index >= 15 is 0 Å². The molecule has 1 aromatic heterocycles. The maximum absolute atomic E-state index is 11.5. The highest BCUT2D eigenvalue weighted by atomic mass is 16.4. The molecule has 7 heteroatoms. The summed E-state index contributed by atoms with van der Waals surface area (Å²) in [6, 6.07) is -1.87. The summed E-state index contributed by atoms with van der Waals surface area (Å²) in [5.74, 6) is -1.64. The minimum atomic E-state index is -1.10. The second-order valence-electron chi connectivity index (χ2n) is 3.49. The molecule has 0 aliphatic heterocycles. The van der Waals surface area contributed by atoms with E-state index in [1.54, 1.807) is 13.2 Å². The van der Waals surface area contributed by atoms with Crippen LogP contribution in [-0.2, 0) is 16.6 Å². The van der Waals surface area contributed by atoms with E-state index in [-0.39, 0.29) is 0 Å². The fourth-order valence-electron chi connectivity index (χ4n) is 1.12. The molecule has 7 nitrogen and oxygen atoms in total. The Hall–Kier alpha value is -1.89. The van der Waals surface area contributed by atoms with Gasteiger partial charge >= 0.3 is 5.97 Å². The van der Waals surface area contributed by atoms with Crippen LogP contribution >= 0.6 is 0 Å². The molecular formula is C9H14N4O3. The summed E-state index contributed by atoms with van der Waals surface area (Å²) in [6.45, 7) is 1.37. The van der Waals surface area contributed by atoms with Crippen molar-refractivity contribution >= 4 is 11.9 Å². The number of hydrogen-bond donors (Lipinski definition) is 3. The van der Waals surface area contributed by atoms with Gasteiger partial charge in [-0.2, -0.15) is 5.10 Å². The predicted molar refractivity (Wildman–Crippen MR) is 55.4 cm³/mol. The van der Waals surface area contributed by atoms with Crippen LogP contribution in [0.5, 0.6) is 0 Å². The van der Waals surface area contributed by atoms with Crippen LogP contribution in [0, 0.1) is 0 Å². The number of aliphatic carboxylic acids is 1. The van der Waals surface area contributed by atoms with Crippen molar-refractivity contribution in [1.29, 1.82) is 0 Å². The van der Waals surface area contributed by atoms with E-state index in [2.05, 4.69) is 10.4 Å². The zero-order valence-corrected chi connectivity index (χ0v) is 9.04. The van der Waals surface area contributed by atoms with E-state index in [4.69, 9.17) is 10.8 Å². The predicted octanol–water partition coefficient (Wildman–Crippen LogP) is -0.991. The molecule has 1 aromatic rings. The van der Waals surface area contributed by atoms with Gasteiger partial charge in [0.25, 0.3) is 0 Å². The smallest absolute Gasteiger partial charge is 0.325 e. The topological polar surface area (TPSA) is 110 Å². The Morgan fingerprint density at radius 1 is 1.62 bits per heavy atom. The average Bonchev–Trinajstić information content (AvgIpc) is 2.63. The van der Waals surface area contributed by atoms with Crippen molar-refractivity contribution in [3.8, 4) is 0 Å². The van der Waals surface area contributed by atoms with Gasteiger partial charge in [0, 0.05) is 18.8 Å². The summed E-state index contributed by atoms with van der Waals surface area (Å²) in [5, 5.41) is 14.8. The van der Waals surface area contributed by atoms with E-state index in [9.17, 15) is 9.59 Å². The molecule has 0 saturated carbocycles. The normalized spacial score (nSPS) is 14.2. The minimum Gasteiger partial charge on any atom is -0.480 e. The number of carbonyl (C=O) groups excluding carboxylic acids is 1. The van der Waals surface area contributed by atoms with Gasteiger partial charge in [-0.1, -0.05) is 0 Å². The monoisotopic (exact) mass is 226 g/mol. The molecule has 0 aromatic carbocycles. The molecule has 1 amide bonds. The first-order valence-electron chi connectivity index (χ1n) is 4.69. The lowest BCUT2D eigenvalue weighted by Gasteiger charge is -2.13. The summed E-state index contributed by atoms with van der Waals surface area (Å²) in [7, 11) is 1.70. The van der Waals surface area contributed by atoms with Gasteiger partial charge < -0.3 is 16.2 Å². The maximum Gasteiger partial charge on any atom is 0.325 e. The number of hydrogen-bond acceptors (Lipinski definition) is 4. The maximum atomic E-state index is 11.5. The number of carboxylic acid groups (broad SMARTS) is 1. The number of aromatic nitrogens is 2. The van der Waals surface area contributed by atoms with Crippen molar-refractivity contribution in [2.75, 3.05) is 0 Å². The summed E-state index contributed by atoms with van der Waals surface area (Å²) < 4.78 is 1.52. The largest absolute Gasteiger partial charge is 0.480 e. The molecule has 0 bridgehead atoms. The number of carboxylic acids is 1. The second-order valence-corrected chi connectivity index (χ2v) is 3.49. The van der Waals surface area contributed by atoms with Crippen LogP contribution in [0.3, 0.4) is 0 Å². The molecule has 0 aliphatic carbocycles. The van der Waals surface area contributed by atoms with Gasteiger partial charge in [-0.05, 0) is 6.92 Å². The third-order valence-corrected chi connectivity index (χ3v) is 2.10. The minimum absolute atomic E-state index is 0.539. The fraction of sp³-hybridized carbons (Fsp3) is 0.444. The van der Waals surface area contributed by atoms with Crippen LogP contribution in [0.2, 0.25) is 0 Å². The van der Waals surface area contributed by atoms with Gasteiger partial charge in [0.15, 0.2) is 0 Å². The molecule has 1 rings (SSSR count). The van der Waals surface area contributed by atoms with E-state index in [1.807, 2.05) is 0 Å². The van der Waals surface area contributed by atoms with Crippen molar-refractivity contribution in [2.24, 2.45) is 12.8 Å². The molecule has 0 radical (unpaired) electrons. The molecule has 0 fully saturated rings. The van der Waals surface area contributed by atoms with Crippen molar-refractivity contribution in [2.45, 2.75) is 19.0 Å². The van der Waals surface area contributed by atoms with E-state index < -0.39 is 24.0 Å². The van der Waals surface area contributed by atoms with Gasteiger partial charge in [0.1, 0.15) is 12.1 Å². The Labute approximate surface area is 92.2 Å². The van der Waals surface area contributed by atoms with Gasteiger partial charge in [-0.3, -0.25) is 14.3 Å². The van der Waals surface area contributed by atoms with Crippen molar-refractivity contribution in [3.63, 3.8) is 0 Å². The first-order chi connectivity index (χ1) is 7.41. The number of nitrogens with zero attached hydrogens (tertiary/aromatic N) is 2. The highest BCUT2D eigenvalue weighted by molar-refractivity contribution is 5.87. The number of rotatable bonds is 4. The van der Waals surface area contributed by atoms with Crippen molar-refractivity contribution < 1.29 is 14.7 Å². The van der Waals surface area contributed by atoms with Crippen LogP contribution in [0.25, 0.3) is 0 Å². The number of nitrogens with one attached hydrogen (secondary N) is 1. The fourth-order valence-corrected chi connectivity index (χ4v) is 1.12. The Balaban J connectivity index is 2.64. The molecule has 88 valence electrons. The van der Waals surface area contributed by atoms with Crippen LogP contribution in [-0.4, -0.2) is 32.8 Å². The average molecular weight is 226 g/mol. The van der Waals surface area contributed by atoms with Crippen molar-refractivity contribution in [3.05, 3.63) is 18.0 Å². The molecule has 0 saturated heterocycles. The molecule has 2 atom stereocenters. The third kappa shape index (κ3) is 2.80. The standard InChI is InChI=1S/C9H14N4O3/c1-5(9(15)16)12-8(14)7(10)6-3-11-13(2)4-6/h3-5,7H,10H2,1-2H3,(H,12,14)(H,15,16). The first kappa shape index (κ1) is 12.2. The first-order valence-corrected chi connectivity index (χ1v) is 4.69. The van der Waals surface area contributed by atoms with E-state index in [1.165, 1.54) is 17.8 Å². The molecule has 0 spiro atoms. The number of nitrogens with two attached hydrogens (primary N) is 1. The van der Waals surface area contributed by atoms with Gasteiger partial charge in [0.05, 0.1) is 6.20 Å². The highest BCUT2D eigenvalue weighted by Gasteiger charge is 2.21. The van der Waals surface area contributed by atoms with Gasteiger partial charge in [-0.25, -0.2) is 0 Å². The Kier molecular flexibility index (Phi) is 3.62. The SMILES string of the molecule is CC(NC(=O)C(N)c1cnn(C)c1)C(=O)O. The lowest BCUT2D eigenvalue weighted by molar-refractivity contribution is -0.141. The van der Waals surface area contributed by atoms with Crippen LogP contribution in [0.4, 0.5) is 0 Å². The lowest BCUT2D eigenvalue weighted by Crippen LogP contribution is -2.43. The van der Waals surface area contributed by atoms with Gasteiger partial charge in [-0.15, -0.1) is 0 Å². The summed E-state index contributed by atoms with van der Waals surface area (Å²) >= 11 is 0. The number of carbonyl (C=O) groups is 2. The molecule has 16 heavy (non-hydrogen) atoms. The van der Waals surface area contributed by atoms with Crippen LogP contribution in [0.15, 0.2) is 12.4 Å². The van der Waals surface area contributed by atoms with Crippen LogP contribution < -0.4 is 11.1 Å². The summed E-state index contributed by atoms with van der Waals surface area (Å²) in [4.78, 5) is 22.1. The molecular weight excluding hydrogens is 212 g/mol. The zero-order chi connectivity index (χ0) is 12.3. The summed E-state index contributed by atoms with van der Waals surface area (Å²) in [5.41, 5.74) is 6.18. The summed E-state index contributed by atoms with van der Waals surface area (Å²) in [6.07, 6.45) is 3.07. The second kappa shape index (κ2) is 4.75. The Morgan fingerprint density at radius 2 is 2.25 bits per heavy atom. The third-order valence-electron chi connectivity index (χ3n) is 2.10. The van der Waals surface area contributed by atoms with E-state index in [0.717, 1.165) is 0 Å². The quantitative estimate of drug-likeness (QED) is 0.610. The van der Waals surface area contributed by atoms with Crippen LogP contribution in [0.1, 0.15) is 18.5 Å². The Bertz CT molecular complexity index is 401. The lowest BCUT2D eigenvalue weighted by atomic mass is 10.1.